The van der Waals surface area contributed by atoms with Crippen LogP contribution >= 0.6 is 0 Å². The zero-order chi connectivity index (χ0) is 28.8. The van der Waals surface area contributed by atoms with Crippen molar-refractivity contribution in [3.05, 3.63) is 169 Å². The molecule has 0 radical (unpaired) electrons. The van der Waals surface area contributed by atoms with Crippen LogP contribution < -0.4 is 4.57 Å². The Kier molecular flexibility index (Phi) is 4.65. The highest BCUT2D eigenvalue weighted by Crippen LogP contribution is 2.49. The van der Waals surface area contributed by atoms with E-state index in [9.17, 15) is 0 Å². The van der Waals surface area contributed by atoms with Crippen LogP contribution in [0.4, 0.5) is 0 Å². The topological polar surface area (TPSA) is 21.7 Å². The maximum atomic E-state index is 5.46. The molecule has 0 N–H and O–H groups in total. The summed E-state index contributed by atoms with van der Waals surface area (Å²) in [5.74, 6) is 0. The molecule has 0 saturated carbocycles. The van der Waals surface area contributed by atoms with Gasteiger partial charge in [-0.2, -0.15) is 4.57 Å². The largest absolute Gasteiger partial charge is 0.301 e. The zero-order valence-corrected chi connectivity index (χ0v) is 23.9. The molecule has 3 heteroatoms. The molecule has 0 aliphatic carbocycles. The third kappa shape index (κ3) is 2.91. The lowest BCUT2D eigenvalue weighted by Gasteiger charge is -2.37. The molecule has 0 fully saturated rings. The van der Waals surface area contributed by atoms with Gasteiger partial charge in [0.15, 0.2) is 5.69 Å². The first kappa shape index (κ1) is 23.7. The summed E-state index contributed by atoms with van der Waals surface area (Å²) in [5, 5.41) is 7.32. The normalized spacial score (nSPS) is 13.6. The van der Waals surface area contributed by atoms with Crippen LogP contribution in [0, 0.1) is 0 Å². The lowest BCUT2D eigenvalue weighted by atomic mass is 9.86. The minimum absolute atomic E-state index is 0.738. The second-order valence-electron chi connectivity index (χ2n) is 11.8. The summed E-state index contributed by atoms with van der Waals surface area (Å²) in [6, 6.07) is 57.4. The molecule has 6 aromatic carbocycles. The molecule has 0 saturated heterocycles. The quantitative estimate of drug-likeness (QED) is 0.193. The molecule has 3 nitrogen and oxygen atoms in total. The Labute approximate surface area is 253 Å². The van der Waals surface area contributed by atoms with Crippen molar-refractivity contribution in [2.45, 2.75) is 5.66 Å². The molecule has 0 spiro atoms. The average Bonchev–Trinajstić information content (AvgIpc) is 3.43. The second kappa shape index (κ2) is 8.62. The van der Waals surface area contributed by atoms with E-state index >= 15 is 0 Å². The Morgan fingerprint density at radius 2 is 1.14 bits per heavy atom. The predicted octanol–water partition coefficient (Wildman–Crippen LogP) is 9.21. The minimum Gasteiger partial charge on any atom is -0.269 e. The third-order valence-corrected chi connectivity index (χ3v) is 9.55. The van der Waals surface area contributed by atoms with Crippen molar-refractivity contribution in [2.75, 3.05) is 0 Å². The van der Waals surface area contributed by atoms with Crippen molar-refractivity contribution in [3.63, 3.8) is 0 Å². The third-order valence-electron chi connectivity index (χ3n) is 9.55. The van der Waals surface area contributed by atoms with Crippen molar-refractivity contribution < 1.29 is 4.57 Å². The van der Waals surface area contributed by atoms with Crippen molar-refractivity contribution in [3.8, 4) is 11.4 Å². The number of para-hydroxylation sites is 2. The van der Waals surface area contributed by atoms with Crippen LogP contribution in [-0.4, -0.2) is 9.55 Å². The van der Waals surface area contributed by atoms with Crippen LogP contribution in [0.5, 0.6) is 0 Å². The van der Waals surface area contributed by atoms with E-state index in [4.69, 9.17) is 4.98 Å². The number of rotatable bonds is 2. The Hall–Kier alpha value is -5.80. The van der Waals surface area contributed by atoms with Gasteiger partial charge in [0.1, 0.15) is 0 Å². The SMILES string of the molecule is c1ccc(C2(c3ccccc3)n3c4cc5ccccc5cc4c4c5ccccc5nc(c43)-c3ccc4ccccc4[n+]32)cc1. The summed E-state index contributed by atoms with van der Waals surface area (Å²) in [5.41, 5.74) is 8.29. The van der Waals surface area contributed by atoms with E-state index in [1.54, 1.807) is 0 Å². The Bertz CT molecular complexity index is 2560. The van der Waals surface area contributed by atoms with E-state index in [1.165, 1.54) is 49.0 Å². The van der Waals surface area contributed by atoms with E-state index in [-0.39, 0.29) is 0 Å². The first-order valence-corrected chi connectivity index (χ1v) is 15.2. The van der Waals surface area contributed by atoms with Gasteiger partial charge in [-0.25, -0.2) is 4.98 Å². The highest BCUT2D eigenvalue weighted by Gasteiger charge is 2.54. The van der Waals surface area contributed by atoms with E-state index in [1.807, 2.05) is 0 Å². The van der Waals surface area contributed by atoms with Gasteiger partial charge in [0.05, 0.1) is 27.7 Å². The Morgan fingerprint density at radius 1 is 0.523 bits per heavy atom. The molecule has 0 unspecified atom stereocenters. The minimum atomic E-state index is -0.738. The van der Waals surface area contributed by atoms with Gasteiger partial charge in [0.25, 0.3) is 0 Å². The van der Waals surface area contributed by atoms with Crippen molar-refractivity contribution in [1.82, 2.24) is 9.55 Å². The molecule has 1 aliphatic rings. The standard InChI is InChI=1S/C41H26N3/c1-3-16-30(17-4-1)41(31-18-5-2-6-19-31)43-35-22-12-9-13-27(35)23-24-36(43)39-40-38(32-20-10-11-21-34(32)42-39)33-25-28-14-7-8-15-29(28)26-37(33)44(40)41/h1-26H/q+1. The Morgan fingerprint density at radius 3 is 1.89 bits per heavy atom. The number of pyridine rings is 2. The molecule has 204 valence electrons. The maximum Gasteiger partial charge on any atom is 0.301 e. The molecule has 0 amide bonds. The van der Waals surface area contributed by atoms with Crippen molar-refractivity contribution in [2.24, 2.45) is 0 Å². The van der Waals surface area contributed by atoms with Crippen molar-refractivity contribution in [1.29, 1.82) is 0 Å². The molecule has 44 heavy (non-hydrogen) atoms. The van der Waals surface area contributed by atoms with E-state index in [0.29, 0.717) is 0 Å². The van der Waals surface area contributed by atoms with Gasteiger partial charge in [0, 0.05) is 33.7 Å². The van der Waals surface area contributed by atoms with Gasteiger partial charge in [0.2, 0.25) is 11.2 Å². The summed E-state index contributed by atoms with van der Waals surface area (Å²) in [6.45, 7) is 0. The number of aromatic nitrogens is 3. The summed E-state index contributed by atoms with van der Waals surface area (Å²) in [6.07, 6.45) is 0. The van der Waals surface area contributed by atoms with Gasteiger partial charge in [-0.05, 0) is 65.4 Å². The van der Waals surface area contributed by atoms with Crippen LogP contribution in [-0.2, 0) is 5.66 Å². The highest BCUT2D eigenvalue weighted by atomic mass is 15.3. The van der Waals surface area contributed by atoms with Gasteiger partial charge >= 0.3 is 5.66 Å². The van der Waals surface area contributed by atoms with Crippen LogP contribution in [0.1, 0.15) is 11.1 Å². The summed E-state index contributed by atoms with van der Waals surface area (Å²) in [4.78, 5) is 5.46. The Balaban J connectivity index is 1.58. The van der Waals surface area contributed by atoms with Crippen LogP contribution in [0.2, 0.25) is 0 Å². The first-order valence-electron chi connectivity index (χ1n) is 15.2. The van der Waals surface area contributed by atoms with Crippen LogP contribution in [0.15, 0.2) is 158 Å². The lowest BCUT2D eigenvalue weighted by Crippen LogP contribution is -2.65. The molecular formula is C41H26N3+. The molecule has 4 heterocycles. The van der Waals surface area contributed by atoms with Gasteiger partial charge in [-0.15, -0.1) is 0 Å². The van der Waals surface area contributed by atoms with Gasteiger partial charge in [-0.1, -0.05) is 91.0 Å². The smallest absolute Gasteiger partial charge is 0.269 e. The summed E-state index contributed by atoms with van der Waals surface area (Å²) in [7, 11) is 0. The second-order valence-corrected chi connectivity index (χ2v) is 11.8. The summed E-state index contributed by atoms with van der Waals surface area (Å²) >= 11 is 0. The van der Waals surface area contributed by atoms with E-state index in [0.717, 1.165) is 27.9 Å². The number of hydrogen-bond acceptors (Lipinski definition) is 1. The number of nitrogens with zero attached hydrogens (tertiary/aromatic N) is 3. The molecule has 9 aromatic rings. The van der Waals surface area contributed by atoms with Crippen LogP contribution in [0.3, 0.4) is 0 Å². The number of fused-ring (bicyclic) bond motifs is 10. The number of hydrogen-bond donors (Lipinski definition) is 0. The van der Waals surface area contributed by atoms with Crippen molar-refractivity contribution >= 4 is 54.4 Å². The summed E-state index contributed by atoms with van der Waals surface area (Å²) < 4.78 is 5.15. The predicted molar refractivity (Wildman–Crippen MR) is 180 cm³/mol. The van der Waals surface area contributed by atoms with E-state index in [2.05, 4.69) is 167 Å². The zero-order valence-electron chi connectivity index (χ0n) is 23.9. The molecule has 3 aromatic heterocycles. The van der Waals surface area contributed by atoms with Crippen LogP contribution in [0.25, 0.3) is 65.8 Å². The average molecular weight is 561 g/mol. The highest BCUT2D eigenvalue weighted by molar-refractivity contribution is 6.24. The fourth-order valence-corrected chi connectivity index (χ4v) is 7.80. The number of benzene rings is 6. The first-order chi connectivity index (χ1) is 21.8. The monoisotopic (exact) mass is 560 g/mol. The molecule has 10 rings (SSSR count). The molecular weight excluding hydrogens is 534 g/mol. The molecule has 0 bridgehead atoms. The van der Waals surface area contributed by atoms with Gasteiger partial charge in [-0.3, -0.25) is 4.57 Å². The van der Waals surface area contributed by atoms with Gasteiger partial charge < -0.3 is 0 Å². The lowest BCUT2D eigenvalue weighted by molar-refractivity contribution is -0.717. The fourth-order valence-electron chi connectivity index (χ4n) is 7.80. The van der Waals surface area contributed by atoms with E-state index < -0.39 is 5.66 Å². The fraction of sp³-hybridized carbons (Fsp3) is 0.0244. The maximum absolute atomic E-state index is 5.46. The molecule has 0 atom stereocenters. The molecule has 1 aliphatic heterocycles.